The van der Waals surface area contributed by atoms with Crippen LogP contribution in [0.15, 0.2) is 12.1 Å². The van der Waals surface area contributed by atoms with Gasteiger partial charge in [0.1, 0.15) is 5.75 Å². The van der Waals surface area contributed by atoms with E-state index in [0.717, 1.165) is 47.1 Å². The van der Waals surface area contributed by atoms with Gasteiger partial charge in [0.15, 0.2) is 5.13 Å². The number of urea groups is 1. The lowest BCUT2D eigenvalue weighted by molar-refractivity contribution is 0.250. The topological polar surface area (TPSA) is 66.5 Å². The van der Waals surface area contributed by atoms with Crippen molar-refractivity contribution in [1.29, 1.82) is 0 Å². The van der Waals surface area contributed by atoms with Gasteiger partial charge in [0.2, 0.25) is 0 Å². The normalized spacial score (nSPS) is 29.3. The SMILES string of the molecule is C[C@H]1C[C@@H]2[C@H](CN1)NC(=O)N2c1nc2c3c(ccc2s1)OCC3. The van der Waals surface area contributed by atoms with Crippen LogP contribution >= 0.6 is 11.3 Å². The van der Waals surface area contributed by atoms with Gasteiger partial charge < -0.3 is 15.4 Å². The number of carbonyl (C=O) groups excluding carboxylic acids is 1. The first-order chi connectivity index (χ1) is 11.2. The fourth-order valence-electron chi connectivity index (χ4n) is 3.88. The molecule has 2 aromatic rings. The van der Waals surface area contributed by atoms with Crippen LogP contribution in [0.25, 0.3) is 10.2 Å². The number of anilines is 1. The smallest absolute Gasteiger partial charge is 0.324 e. The molecular weight excluding hydrogens is 312 g/mol. The molecule has 0 spiro atoms. The quantitative estimate of drug-likeness (QED) is 0.838. The first kappa shape index (κ1) is 13.6. The van der Waals surface area contributed by atoms with E-state index < -0.39 is 0 Å². The molecule has 7 heteroatoms. The molecule has 6 nitrogen and oxygen atoms in total. The molecule has 3 atom stereocenters. The van der Waals surface area contributed by atoms with E-state index in [1.165, 1.54) is 5.56 Å². The number of ether oxygens (including phenoxy) is 1. The van der Waals surface area contributed by atoms with Gasteiger partial charge in [-0.25, -0.2) is 9.78 Å². The molecule has 0 bridgehead atoms. The van der Waals surface area contributed by atoms with Gasteiger partial charge in [-0.15, -0.1) is 0 Å². The summed E-state index contributed by atoms with van der Waals surface area (Å²) in [5, 5.41) is 7.32. The van der Waals surface area contributed by atoms with E-state index in [-0.39, 0.29) is 18.1 Å². The second kappa shape index (κ2) is 4.82. The van der Waals surface area contributed by atoms with Crippen LogP contribution in [0.3, 0.4) is 0 Å². The van der Waals surface area contributed by atoms with Gasteiger partial charge >= 0.3 is 6.03 Å². The van der Waals surface area contributed by atoms with Crippen molar-refractivity contribution in [2.75, 3.05) is 18.1 Å². The summed E-state index contributed by atoms with van der Waals surface area (Å²) in [6, 6.07) is 4.81. The fraction of sp³-hybridized carbons (Fsp3) is 0.500. The summed E-state index contributed by atoms with van der Waals surface area (Å²) in [6.07, 6.45) is 1.84. The van der Waals surface area contributed by atoms with Crippen molar-refractivity contribution in [3.05, 3.63) is 17.7 Å². The van der Waals surface area contributed by atoms with Gasteiger partial charge in [0.25, 0.3) is 0 Å². The molecular formula is C16H18N4O2S. The molecule has 0 saturated carbocycles. The molecule has 2 fully saturated rings. The Hall–Kier alpha value is -1.86. The van der Waals surface area contributed by atoms with Gasteiger partial charge in [-0.2, -0.15) is 0 Å². The number of nitrogens with zero attached hydrogens (tertiary/aromatic N) is 2. The lowest BCUT2D eigenvalue weighted by Crippen LogP contribution is -2.53. The largest absolute Gasteiger partial charge is 0.493 e. The van der Waals surface area contributed by atoms with E-state index >= 15 is 0 Å². The Morgan fingerprint density at radius 3 is 3.26 bits per heavy atom. The molecule has 2 amide bonds. The third-order valence-electron chi connectivity index (χ3n) is 5.03. The zero-order valence-electron chi connectivity index (χ0n) is 12.8. The van der Waals surface area contributed by atoms with Gasteiger partial charge in [-0.05, 0) is 25.5 Å². The number of aromatic nitrogens is 1. The van der Waals surface area contributed by atoms with Crippen molar-refractivity contribution in [2.24, 2.45) is 0 Å². The van der Waals surface area contributed by atoms with Crippen LogP contribution < -0.4 is 20.3 Å². The maximum atomic E-state index is 12.5. The molecule has 3 aliphatic rings. The second-order valence-corrected chi connectivity index (χ2v) is 7.53. The van der Waals surface area contributed by atoms with Crippen LogP contribution in [0.2, 0.25) is 0 Å². The average molecular weight is 330 g/mol. The zero-order valence-corrected chi connectivity index (χ0v) is 13.7. The Bertz CT molecular complexity index is 805. The van der Waals surface area contributed by atoms with Gasteiger partial charge in [0, 0.05) is 24.6 Å². The molecule has 4 heterocycles. The Balaban J connectivity index is 1.58. The number of fused-ring (bicyclic) bond motifs is 4. The highest BCUT2D eigenvalue weighted by molar-refractivity contribution is 7.22. The first-order valence-electron chi connectivity index (χ1n) is 8.09. The Morgan fingerprint density at radius 2 is 2.35 bits per heavy atom. The third-order valence-corrected chi connectivity index (χ3v) is 6.05. The number of thiazole rings is 1. The monoisotopic (exact) mass is 330 g/mol. The predicted molar refractivity (Wildman–Crippen MR) is 89.5 cm³/mol. The summed E-state index contributed by atoms with van der Waals surface area (Å²) in [4.78, 5) is 19.2. The van der Waals surface area contributed by atoms with Crippen LogP contribution in [-0.2, 0) is 6.42 Å². The molecule has 1 aromatic carbocycles. The number of benzene rings is 1. The highest BCUT2D eigenvalue weighted by Crippen LogP contribution is 2.39. The van der Waals surface area contributed by atoms with Gasteiger partial charge in [-0.1, -0.05) is 11.3 Å². The molecule has 5 rings (SSSR count). The maximum absolute atomic E-state index is 12.5. The van der Waals surface area contributed by atoms with Crippen molar-refractivity contribution in [1.82, 2.24) is 15.6 Å². The minimum Gasteiger partial charge on any atom is -0.493 e. The van der Waals surface area contributed by atoms with Crippen molar-refractivity contribution in [2.45, 2.75) is 37.9 Å². The van der Waals surface area contributed by atoms with Crippen LogP contribution in [0.1, 0.15) is 18.9 Å². The number of rotatable bonds is 1. The molecule has 2 N–H and O–H groups in total. The van der Waals surface area contributed by atoms with Crippen LogP contribution in [0, 0.1) is 0 Å². The summed E-state index contributed by atoms with van der Waals surface area (Å²) in [6.45, 7) is 3.71. The van der Waals surface area contributed by atoms with E-state index in [2.05, 4.69) is 23.6 Å². The zero-order chi connectivity index (χ0) is 15.6. The third kappa shape index (κ3) is 1.96. The van der Waals surface area contributed by atoms with Crippen LogP contribution in [-0.4, -0.2) is 42.3 Å². The predicted octanol–water partition coefficient (Wildman–Crippen LogP) is 1.88. The highest BCUT2D eigenvalue weighted by Gasteiger charge is 2.44. The molecule has 1 aromatic heterocycles. The van der Waals surface area contributed by atoms with Crippen molar-refractivity contribution < 1.29 is 9.53 Å². The number of hydrogen-bond acceptors (Lipinski definition) is 5. The van der Waals surface area contributed by atoms with E-state index in [0.29, 0.717) is 6.04 Å². The lowest BCUT2D eigenvalue weighted by Gasteiger charge is -2.32. The van der Waals surface area contributed by atoms with Crippen molar-refractivity contribution in [3.8, 4) is 5.75 Å². The van der Waals surface area contributed by atoms with Crippen molar-refractivity contribution in [3.63, 3.8) is 0 Å². The molecule has 0 unspecified atom stereocenters. The molecule has 2 saturated heterocycles. The lowest BCUT2D eigenvalue weighted by atomic mass is 9.97. The molecule has 3 aliphatic heterocycles. The molecule has 23 heavy (non-hydrogen) atoms. The number of carbonyl (C=O) groups is 1. The van der Waals surface area contributed by atoms with E-state index in [4.69, 9.17) is 9.72 Å². The number of piperidine rings is 1. The minimum atomic E-state index is -0.0251. The summed E-state index contributed by atoms with van der Waals surface area (Å²) >= 11 is 1.60. The Labute approximate surface area is 137 Å². The average Bonchev–Trinajstić information content (AvgIpc) is 3.20. The standard InChI is InChI=1S/C16H18N4O2S/c1-8-6-11-10(7-17-8)18-15(21)20(11)16-19-14-9-4-5-22-12(9)2-3-13(14)23-16/h2-3,8,10-11,17H,4-7H2,1H3,(H,18,21)/t8-,10-,11+/m0/s1. The van der Waals surface area contributed by atoms with Crippen LogP contribution in [0.5, 0.6) is 5.75 Å². The van der Waals surface area contributed by atoms with Crippen molar-refractivity contribution >= 4 is 32.7 Å². The van der Waals surface area contributed by atoms with Gasteiger partial charge in [0.05, 0.1) is 28.9 Å². The Morgan fingerprint density at radius 1 is 1.43 bits per heavy atom. The summed E-state index contributed by atoms with van der Waals surface area (Å²) < 4.78 is 6.75. The van der Waals surface area contributed by atoms with Gasteiger partial charge in [-0.3, -0.25) is 4.90 Å². The number of amides is 2. The fourth-order valence-corrected chi connectivity index (χ4v) is 4.93. The minimum absolute atomic E-state index is 0.0251. The number of hydrogen-bond donors (Lipinski definition) is 2. The van der Waals surface area contributed by atoms with E-state index in [1.54, 1.807) is 11.3 Å². The van der Waals surface area contributed by atoms with Crippen LogP contribution in [0.4, 0.5) is 9.93 Å². The number of nitrogens with one attached hydrogen (secondary N) is 2. The second-order valence-electron chi connectivity index (χ2n) is 6.52. The molecule has 0 aliphatic carbocycles. The summed E-state index contributed by atoms with van der Waals surface area (Å²) in [5.41, 5.74) is 2.18. The maximum Gasteiger partial charge on any atom is 0.324 e. The summed E-state index contributed by atoms with van der Waals surface area (Å²) in [7, 11) is 0. The highest BCUT2D eigenvalue weighted by atomic mass is 32.1. The first-order valence-corrected chi connectivity index (χ1v) is 8.90. The van der Waals surface area contributed by atoms with E-state index in [9.17, 15) is 4.79 Å². The summed E-state index contributed by atoms with van der Waals surface area (Å²) in [5.74, 6) is 0.939. The Kier molecular flexibility index (Phi) is 2.84. The van der Waals surface area contributed by atoms with E-state index in [1.807, 2.05) is 11.0 Å². The molecule has 120 valence electrons. The molecule has 0 radical (unpaired) electrons.